The van der Waals surface area contributed by atoms with E-state index in [1.54, 1.807) is 48.5 Å². The van der Waals surface area contributed by atoms with Gasteiger partial charge in [0.15, 0.2) is 5.69 Å². The van der Waals surface area contributed by atoms with Gasteiger partial charge in [-0.1, -0.05) is 37.1 Å². The molecule has 0 unspecified atom stereocenters. The van der Waals surface area contributed by atoms with Crippen molar-refractivity contribution in [3.05, 3.63) is 64.7 Å². The minimum Gasteiger partial charge on any atom is -0.495 e. The Bertz CT molecular complexity index is 1300. The normalized spacial score (nSPS) is 14.1. The van der Waals surface area contributed by atoms with Crippen molar-refractivity contribution >= 4 is 40.6 Å². The van der Waals surface area contributed by atoms with Gasteiger partial charge < -0.3 is 26.3 Å². The number of para-hydroxylation sites is 2. The average molecular weight is 538 g/mol. The number of benzene rings is 2. The Morgan fingerprint density at radius 3 is 2.42 bits per heavy atom. The number of amides is 3. The first kappa shape index (κ1) is 26.9. The Kier molecular flexibility index (Phi) is 8.47. The molecule has 38 heavy (non-hydrogen) atoms. The van der Waals surface area contributed by atoms with Crippen LogP contribution in [-0.4, -0.2) is 41.9 Å². The number of nitrogen functional groups attached to an aromatic ring is 1. The Labute approximate surface area is 225 Å². The predicted octanol–water partition coefficient (Wildman–Crippen LogP) is 3.68. The summed E-state index contributed by atoms with van der Waals surface area (Å²) in [4.78, 5) is 41.3. The Hall–Kier alpha value is -4.12. The third-order valence-corrected chi connectivity index (χ3v) is 7.29. The highest BCUT2D eigenvalue weighted by Crippen LogP contribution is 2.38. The summed E-state index contributed by atoms with van der Waals surface area (Å²) in [6.07, 6.45) is 3.80. The van der Waals surface area contributed by atoms with Gasteiger partial charge in [0.1, 0.15) is 22.4 Å². The third kappa shape index (κ3) is 5.57. The van der Waals surface area contributed by atoms with Crippen molar-refractivity contribution in [3.8, 4) is 11.5 Å². The lowest BCUT2D eigenvalue weighted by atomic mass is 10.0. The summed E-state index contributed by atoms with van der Waals surface area (Å²) in [6, 6.07) is 12.8. The molecule has 2 aromatic carbocycles. The molecule has 3 amide bonds. The quantitative estimate of drug-likeness (QED) is 0.357. The van der Waals surface area contributed by atoms with Crippen LogP contribution in [-0.2, 0) is 4.79 Å². The Morgan fingerprint density at radius 1 is 1.13 bits per heavy atom. The van der Waals surface area contributed by atoms with Gasteiger partial charge in [0, 0.05) is 6.04 Å². The van der Waals surface area contributed by atoms with E-state index in [1.165, 1.54) is 12.0 Å². The molecule has 0 saturated heterocycles. The molecule has 1 aliphatic rings. The van der Waals surface area contributed by atoms with Gasteiger partial charge in [0.2, 0.25) is 5.91 Å². The number of rotatable bonds is 10. The molecule has 4 rings (SSSR count). The summed E-state index contributed by atoms with van der Waals surface area (Å²) in [7, 11) is 1.48. The molecule has 1 aromatic heterocycles. The minimum absolute atomic E-state index is 0.00527. The molecule has 0 bridgehead atoms. The molecular formula is C27H31N5O5S. The molecule has 5 N–H and O–H groups in total. The van der Waals surface area contributed by atoms with Gasteiger partial charge in [-0.2, -0.15) is 4.37 Å². The molecule has 1 atom stereocenters. The first-order chi connectivity index (χ1) is 18.3. The average Bonchev–Trinajstić information content (AvgIpc) is 3.57. The standard InChI is InChI=1S/C27H31N5O5S/c1-3-37-18-14-12-16(13-15-18)23(26(34)30-17-8-4-5-9-17)32(19-10-6-7-11-20(19)36-2)27(35)24-21(28)22(25(29)33)31-38-24/h6-7,10-15,17,23H,3-5,8-9,28H2,1-2H3,(H2,29,33)(H,30,34)/t23-/m1/s1. The van der Waals surface area contributed by atoms with Crippen molar-refractivity contribution in [1.82, 2.24) is 9.69 Å². The molecule has 3 aromatic rings. The summed E-state index contributed by atoms with van der Waals surface area (Å²) in [5.74, 6) is -0.789. The Balaban J connectivity index is 1.87. The van der Waals surface area contributed by atoms with Gasteiger partial charge in [-0.3, -0.25) is 19.3 Å². The first-order valence-electron chi connectivity index (χ1n) is 12.4. The van der Waals surface area contributed by atoms with Crippen molar-refractivity contribution in [1.29, 1.82) is 0 Å². The number of aromatic nitrogens is 1. The Morgan fingerprint density at radius 2 is 1.82 bits per heavy atom. The minimum atomic E-state index is -1.09. The molecule has 11 heteroatoms. The maximum atomic E-state index is 14.2. The van der Waals surface area contributed by atoms with Gasteiger partial charge >= 0.3 is 0 Å². The van der Waals surface area contributed by atoms with Crippen LogP contribution in [0.2, 0.25) is 0 Å². The fraction of sp³-hybridized carbons (Fsp3) is 0.333. The van der Waals surface area contributed by atoms with E-state index in [9.17, 15) is 14.4 Å². The van der Waals surface area contributed by atoms with E-state index in [0.717, 1.165) is 37.2 Å². The summed E-state index contributed by atoms with van der Waals surface area (Å²) in [5.41, 5.74) is 12.1. The van der Waals surface area contributed by atoms with E-state index < -0.39 is 17.9 Å². The third-order valence-electron chi connectivity index (χ3n) is 6.43. The van der Waals surface area contributed by atoms with Crippen LogP contribution in [0.3, 0.4) is 0 Å². The number of primary amides is 1. The number of carbonyl (C=O) groups is 3. The fourth-order valence-electron chi connectivity index (χ4n) is 4.61. The summed E-state index contributed by atoms with van der Waals surface area (Å²) in [6.45, 7) is 2.37. The number of ether oxygens (including phenoxy) is 2. The number of hydrogen-bond donors (Lipinski definition) is 3. The second kappa shape index (κ2) is 12.0. The highest BCUT2D eigenvalue weighted by Gasteiger charge is 2.38. The number of nitrogens with one attached hydrogen (secondary N) is 1. The lowest BCUT2D eigenvalue weighted by Crippen LogP contribution is -2.46. The van der Waals surface area contributed by atoms with Crippen molar-refractivity contribution in [2.45, 2.75) is 44.7 Å². The second-order valence-corrected chi connectivity index (χ2v) is 9.65. The van der Waals surface area contributed by atoms with Gasteiger partial charge in [-0.15, -0.1) is 0 Å². The number of nitrogens with two attached hydrogens (primary N) is 2. The molecule has 0 spiro atoms. The van der Waals surface area contributed by atoms with Gasteiger partial charge in [-0.05, 0) is 61.1 Å². The van der Waals surface area contributed by atoms with E-state index in [2.05, 4.69) is 9.69 Å². The fourth-order valence-corrected chi connectivity index (χ4v) is 5.36. The zero-order valence-electron chi connectivity index (χ0n) is 21.3. The highest BCUT2D eigenvalue weighted by atomic mass is 32.1. The number of hydrogen-bond acceptors (Lipinski definition) is 8. The maximum absolute atomic E-state index is 14.2. The van der Waals surface area contributed by atoms with Crippen LogP contribution in [0, 0.1) is 0 Å². The number of methoxy groups -OCH3 is 1. The molecular weight excluding hydrogens is 506 g/mol. The van der Waals surface area contributed by atoms with Crippen LogP contribution in [0.1, 0.15) is 64.4 Å². The van der Waals surface area contributed by atoms with Crippen molar-refractivity contribution in [2.75, 3.05) is 24.4 Å². The zero-order valence-corrected chi connectivity index (χ0v) is 22.1. The van der Waals surface area contributed by atoms with E-state index in [0.29, 0.717) is 29.4 Å². The van der Waals surface area contributed by atoms with E-state index >= 15 is 0 Å². The van der Waals surface area contributed by atoms with Gasteiger partial charge in [0.05, 0.1) is 25.1 Å². The molecule has 1 fully saturated rings. The molecule has 1 heterocycles. The van der Waals surface area contributed by atoms with Crippen molar-refractivity contribution in [2.24, 2.45) is 5.73 Å². The number of carbonyl (C=O) groups excluding carboxylic acids is 3. The van der Waals surface area contributed by atoms with Gasteiger partial charge in [-0.25, -0.2) is 0 Å². The lowest BCUT2D eigenvalue weighted by molar-refractivity contribution is -0.123. The number of nitrogens with zero attached hydrogens (tertiary/aromatic N) is 2. The molecule has 1 saturated carbocycles. The summed E-state index contributed by atoms with van der Waals surface area (Å²) < 4.78 is 15.1. The number of anilines is 2. The van der Waals surface area contributed by atoms with Crippen LogP contribution in [0.4, 0.5) is 11.4 Å². The van der Waals surface area contributed by atoms with Crippen LogP contribution in [0.25, 0.3) is 0 Å². The van der Waals surface area contributed by atoms with E-state index in [1.807, 2.05) is 6.92 Å². The monoisotopic (exact) mass is 537 g/mol. The molecule has 0 radical (unpaired) electrons. The summed E-state index contributed by atoms with van der Waals surface area (Å²) >= 11 is 0.756. The molecule has 200 valence electrons. The van der Waals surface area contributed by atoms with Crippen LogP contribution >= 0.6 is 11.5 Å². The first-order valence-corrected chi connectivity index (χ1v) is 13.2. The van der Waals surface area contributed by atoms with Crippen molar-refractivity contribution < 1.29 is 23.9 Å². The predicted molar refractivity (Wildman–Crippen MR) is 146 cm³/mol. The topological polar surface area (TPSA) is 150 Å². The highest BCUT2D eigenvalue weighted by molar-refractivity contribution is 7.09. The lowest BCUT2D eigenvalue weighted by Gasteiger charge is -2.33. The SMILES string of the molecule is CCOc1ccc([C@H](C(=O)NC2CCCC2)N(C(=O)c2snc(C(N)=O)c2N)c2ccccc2OC)cc1. The smallest absolute Gasteiger partial charge is 0.273 e. The van der Waals surface area contributed by atoms with E-state index in [4.69, 9.17) is 20.9 Å². The van der Waals surface area contributed by atoms with Gasteiger partial charge in [0.25, 0.3) is 11.8 Å². The molecule has 0 aliphatic heterocycles. The maximum Gasteiger partial charge on any atom is 0.273 e. The summed E-state index contributed by atoms with van der Waals surface area (Å²) in [5, 5.41) is 3.13. The van der Waals surface area contributed by atoms with E-state index in [-0.39, 0.29) is 28.2 Å². The zero-order chi connectivity index (χ0) is 27.2. The van der Waals surface area contributed by atoms with Crippen LogP contribution in [0.5, 0.6) is 11.5 Å². The van der Waals surface area contributed by atoms with Crippen LogP contribution < -0.4 is 31.2 Å². The van der Waals surface area contributed by atoms with Crippen molar-refractivity contribution in [3.63, 3.8) is 0 Å². The molecule has 10 nitrogen and oxygen atoms in total. The largest absolute Gasteiger partial charge is 0.495 e. The molecule has 1 aliphatic carbocycles. The van der Waals surface area contributed by atoms with Crippen LogP contribution in [0.15, 0.2) is 48.5 Å². The second-order valence-electron chi connectivity index (χ2n) is 8.88.